The minimum Gasteiger partial charge on any atom is -0.455 e. The Kier molecular flexibility index (Phi) is 6.86. The largest absolute Gasteiger partial charge is 0.455 e. The zero-order valence-corrected chi connectivity index (χ0v) is 28.9. The van der Waals surface area contributed by atoms with E-state index in [0.29, 0.717) is 0 Å². The Morgan fingerprint density at radius 2 is 0.765 bits per heavy atom. The first-order valence-electron chi connectivity index (χ1n) is 17.5. The number of nitrogens with zero attached hydrogens (tertiary/aromatic N) is 1. The van der Waals surface area contributed by atoms with E-state index in [0.717, 1.165) is 28.6 Å². The van der Waals surface area contributed by atoms with Gasteiger partial charge >= 0.3 is 0 Å². The molecule has 0 radical (unpaired) electrons. The van der Waals surface area contributed by atoms with Crippen molar-refractivity contribution < 1.29 is 4.74 Å². The summed E-state index contributed by atoms with van der Waals surface area (Å²) in [4.78, 5) is 2.37. The third-order valence-electron chi connectivity index (χ3n) is 10.6. The fourth-order valence-corrected chi connectivity index (χ4v) is 13.7. The molecular formula is C48H33NOSi. The molecule has 8 aromatic carbocycles. The van der Waals surface area contributed by atoms with Crippen LogP contribution in [0.5, 0.6) is 11.5 Å². The Bertz CT molecular complexity index is 2420. The molecule has 0 aromatic heterocycles. The van der Waals surface area contributed by atoms with Crippen molar-refractivity contribution in [3.8, 4) is 44.9 Å². The van der Waals surface area contributed by atoms with Crippen molar-refractivity contribution in [2.24, 2.45) is 0 Å². The Morgan fingerprint density at radius 3 is 1.31 bits per heavy atom. The van der Waals surface area contributed by atoms with Gasteiger partial charge in [0.1, 0.15) is 5.75 Å². The van der Waals surface area contributed by atoms with Crippen molar-refractivity contribution in [1.29, 1.82) is 0 Å². The molecule has 0 saturated carbocycles. The molecule has 240 valence electrons. The molecule has 0 aliphatic carbocycles. The standard InChI is InChI=1S/C48H33NOSi/c1-3-14-34(15-4-1)36-26-30-38(31-27-36)49(39-32-28-37(29-33-39)35-16-5-2-6-17-35)42-20-13-25-47-48(42)50-43-21-9-12-24-46(43)51(47)44-22-10-7-18-40(44)41-19-8-11-23-45(41)51/h1-33H. The van der Waals surface area contributed by atoms with Crippen molar-refractivity contribution in [1.82, 2.24) is 0 Å². The monoisotopic (exact) mass is 667 g/mol. The Morgan fingerprint density at radius 1 is 0.333 bits per heavy atom. The van der Waals surface area contributed by atoms with Gasteiger partial charge in [0.05, 0.1) is 5.69 Å². The lowest BCUT2D eigenvalue weighted by atomic mass is 10.0. The van der Waals surface area contributed by atoms with Gasteiger partial charge in [-0.2, -0.15) is 0 Å². The van der Waals surface area contributed by atoms with Crippen LogP contribution in [-0.4, -0.2) is 8.07 Å². The molecule has 0 N–H and O–H groups in total. The van der Waals surface area contributed by atoms with Crippen LogP contribution >= 0.6 is 0 Å². The van der Waals surface area contributed by atoms with Gasteiger partial charge in [0.15, 0.2) is 13.8 Å². The SMILES string of the molecule is c1ccc(-c2ccc(N(c3ccc(-c4ccccc4)cc3)c3cccc4c3Oc3ccccc3[Si]43c4ccccc4-c4ccccc43)cc2)cc1. The molecule has 0 amide bonds. The topological polar surface area (TPSA) is 12.5 Å². The summed E-state index contributed by atoms with van der Waals surface area (Å²) < 4.78 is 7.13. The van der Waals surface area contributed by atoms with E-state index in [4.69, 9.17) is 4.74 Å². The second-order valence-electron chi connectivity index (χ2n) is 13.3. The third kappa shape index (κ3) is 4.56. The Balaban J connectivity index is 1.21. The van der Waals surface area contributed by atoms with Gasteiger partial charge in [-0.15, -0.1) is 0 Å². The summed E-state index contributed by atoms with van der Waals surface area (Å²) in [5.41, 5.74) is 10.6. The predicted octanol–water partition coefficient (Wildman–Crippen LogP) is 9.95. The van der Waals surface area contributed by atoms with Gasteiger partial charge in [0.2, 0.25) is 0 Å². The number of benzene rings is 8. The van der Waals surface area contributed by atoms with Gasteiger partial charge < -0.3 is 9.64 Å². The molecule has 2 aliphatic rings. The lowest BCUT2D eigenvalue weighted by Gasteiger charge is -2.39. The normalized spacial score (nSPS) is 13.0. The average Bonchev–Trinajstić information content (AvgIpc) is 3.50. The number of fused-ring (bicyclic) bond motifs is 9. The zero-order valence-electron chi connectivity index (χ0n) is 27.9. The molecule has 2 heterocycles. The molecule has 1 spiro atoms. The lowest BCUT2D eigenvalue weighted by Crippen LogP contribution is -2.74. The van der Waals surface area contributed by atoms with E-state index < -0.39 is 8.07 Å². The van der Waals surface area contributed by atoms with Crippen LogP contribution in [0.3, 0.4) is 0 Å². The maximum atomic E-state index is 7.13. The van der Waals surface area contributed by atoms with Gasteiger partial charge in [-0.3, -0.25) is 0 Å². The van der Waals surface area contributed by atoms with Crippen LogP contribution in [0.1, 0.15) is 0 Å². The first kappa shape index (κ1) is 29.5. The Hall–Kier alpha value is -6.42. The molecule has 0 unspecified atom stereocenters. The summed E-state index contributed by atoms with van der Waals surface area (Å²) in [6.07, 6.45) is 0. The van der Waals surface area contributed by atoms with E-state index in [2.05, 4.69) is 205 Å². The predicted molar refractivity (Wildman–Crippen MR) is 215 cm³/mol. The number of rotatable bonds is 5. The van der Waals surface area contributed by atoms with Crippen molar-refractivity contribution in [3.05, 3.63) is 200 Å². The summed E-state index contributed by atoms with van der Waals surface area (Å²) in [5.74, 6) is 1.86. The van der Waals surface area contributed by atoms with Crippen LogP contribution in [0.4, 0.5) is 17.1 Å². The molecule has 0 bridgehead atoms. The van der Waals surface area contributed by atoms with Gasteiger partial charge in [-0.05, 0) is 90.5 Å². The minimum atomic E-state index is -2.74. The van der Waals surface area contributed by atoms with Gasteiger partial charge in [0, 0.05) is 11.4 Å². The number of hydrogen-bond acceptors (Lipinski definition) is 2. The Labute approximate surface area is 299 Å². The number of hydrogen-bond donors (Lipinski definition) is 0. The van der Waals surface area contributed by atoms with Crippen molar-refractivity contribution in [3.63, 3.8) is 0 Å². The van der Waals surface area contributed by atoms with Crippen molar-refractivity contribution in [2.45, 2.75) is 0 Å². The molecule has 0 saturated heterocycles. The second-order valence-corrected chi connectivity index (χ2v) is 16.9. The maximum Gasteiger partial charge on any atom is 0.189 e. The highest BCUT2D eigenvalue weighted by Crippen LogP contribution is 2.45. The maximum absolute atomic E-state index is 7.13. The molecular weight excluding hydrogens is 635 g/mol. The second kappa shape index (κ2) is 11.9. The zero-order chi connectivity index (χ0) is 33.8. The highest BCUT2D eigenvalue weighted by molar-refractivity contribution is 7.23. The van der Waals surface area contributed by atoms with Gasteiger partial charge in [-0.25, -0.2) is 0 Å². The first-order chi connectivity index (χ1) is 25.3. The summed E-state index contributed by atoms with van der Waals surface area (Å²) >= 11 is 0. The molecule has 51 heavy (non-hydrogen) atoms. The minimum absolute atomic E-state index is 0.925. The molecule has 2 nitrogen and oxygen atoms in total. The molecule has 0 fully saturated rings. The molecule has 3 heteroatoms. The van der Waals surface area contributed by atoms with Crippen LogP contribution in [0.15, 0.2) is 200 Å². The lowest BCUT2D eigenvalue weighted by molar-refractivity contribution is 0.488. The van der Waals surface area contributed by atoms with E-state index in [1.807, 2.05) is 0 Å². The fraction of sp³-hybridized carbons (Fsp3) is 0. The average molecular weight is 668 g/mol. The van der Waals surface area contributed by atoms with E-state index in [-0.39, 0.29) is 0 Å². The quantitative estimate of drug-likeness (QED) is 0.170. The third-order valence-corrected chi connectivity index (χ3v) is 15.5. The molecule has 8 aromatic rings. The van der Waals surface area contributed by atoms with Crippen LogP contribution in [0, 0.1) is 0 Å². The van der Waals surface area contributed by atoms with Crippen molar-refractivity contribution >= 4 is 45.9 Å². The molecule has 10 rings (SSSR count). The van der Waals surface area contributed by atoms with Crippen molar-refractivity contribution in [2.75, 3.05) is 4.90 Å². The van der Waals surface area contributed by atoms with E-state index in [1.54, 1.807) is 0 Å². The summed E-state index contributed by atoms with van der Waals surface area (Å²) in [7, 11) is -2.74. The van der Waals surface area contributed by atoms with E-state index >= 15 is 0 Å². The summed E-state index contributed by atoms with van der Waals surface area (Å²) in [6.45, 7) is 0. The van der Waals surface area contributed by atoms with E-state index in [9.17, 15) is 0 Å². The van der Waals surface area contributed by atoms with Crippen LogP contribution < -0.4 is 30.4 Å². The van der Waals surface area contributed by atoms with Crippen LogP contribution in [-0.2, 0) is 0 Å². The van der Waals surface area contributed by atoms with Crippen LogP contribution in [0.25, 0.3) is 33.4 Å². The summed E-state index contributed by atoms with van der Waals surface area (Å²) in [5, 5.41) is 5.43. The van der Waals surface area contributed by atoms with E-state index in [1.165, 1.54) is 54.1 Å². The number of ether oxygens (including phenoxy) is 1. The van der Waals surface area contributed by atoms with Gasteiger partial charge in [0.25, 0.3) is 0 Å². The highest BCUT2D eigenvalue weighted by atomic mass is 28.3. The fourth-order valence-electron chi connectivity index (χ4n) is 8.33. The smallest absolute Gasteiger partial charge is 0.189 e. The van der Waals surface area contributed by atoms with Gasteiger partial charge in [-0.1, -0.05) is 164 Å². The van der Waals surface area contributed by atoms with Crippen LogP contribution in [0.2, 0.25) is 0 Å². The first-order valence-corrected chi connectivity index (χ1v) is 19.5. The molecule has 0 atom stereocenters. The number of para-hydroxylation sites is 2. The molecule has 2 aliphatic heterocycles. The number of anilines is 3. The highest BCUT2D eigenvalue weighted by Gasteiger charge is 2.53. The summed E-state index contributed by atoms with van der Waals surface area (Å²) in [6, 6.07) is 72.5.